The Bertz CT molecular complexity index is 1290. The molecule has 172 valence electrons. The number of benzene rings is 3. The lowest BCUT2D eigenvalue weighted by molar-refractivity contribution is -0.117. The zero-order valence-electron chi connectivity index (χ0n) is 18.3. The van der Waals surface area contributed by atoms with Crippen LogP contribution in [0.25, 0.3) is 11.4 Å². The van der Waals surface area contributed by atoms with Gasteiger partial charge in [0.1, 0.15) is 11.6 Å². The van der Waals surface area contributed by atoms with Crippen LogP contribution in [0, 0.1) is 5.82 Å². The second-order valence-electron chi connectivity index (χ2n) is 7.25. The molecule has 0 radical (unpaired) electrons. The van der Waals surface area contributed by atoms with Gasteiger partial charge in [0.05, 0.1) is 25.0 Å². The Hall–Kier alpha value is -3.98. The highest BCUT2D eigenvalue weighted by molar-refractivity contribution is 7.99. The molecule has 0 aliphatic heterocycles. The molecular formula is C25H21FN4O3S. The Balaban J connectivity index is 1.50. The highest BCUT2D eigenvalue weighted by Crippen LogP contribution is 2.27. The van der Waals surface area contributed by atoms with Gasteiger partial charge in [-0.05, 0) is 42.0 Å². The summed E-state index contributed by atoms with van der Waals surface area (Å²) in [6.45, 7) is 0.395. The number of amides is 2. The van der Waals surface area contributed by atoms with Gasteiger partial charge in [-0.25, -0.2) is 4.39 Å². The SMILES string of the molecule is COc1ccc(C(=O)NC(=O)CSc2nnc(-c3ccccc3F)n2Cc2ccccc2)cc1. The summed E-state index contributed by atoms with van der Waals surface area (Å²) < 4.78 is 21.3. The van der Waals surface area contributed by atoms with Crippen molar-refractivity contribution >= 4 is 23.6 Å². The molecule has 0 bridgehead atoms. The Morgan fingerprint density at radius 1 is 0.971 bits per heavy atom. The third-order valence-electron chi connectivity index (χ3n) is 4.95. The van der Waals surface area contributed by atoms with Crippen LogP contribution in [0.3, 0.4) is 0 Å². The summed E-state index contributed by atoms with van der Waals surface area (Å²) in [5.41, 5.74) is 1.63. The van der Waals surface area contributed by atoms with Crippen molar-refractivity contribution in [2.24, 2.45) is 0 Å². The quantitative estimate of drug-likeness (QED) is 0.384. The number of thioether (sulfide) groups is 1. The van der Waals surface area contributed by atoms with Gasteiger partial charge >= 0.3 is 0 Å². The van der Waals surface area contributed by atoms with E-state index in [1.807, 2.05) is 30.3 Å². The van der Waals surface area contributed by atoms with Gasteiger partial charge in [0.25, 0.3) is 5.91 Å². The summed E-state index contributed by atoms with van der Waals surface area (Å²) in [5, 5.41) is 11.2. The van der Waals surface area contributed by atoms with E-state index in [1.54, 1.807) is 47.0 Å². The molecule has 0 aliphatic carbocycles. The van der Waals surface area contributed by atoms with Gasteiger partial charge in [-0.15, -0.1) is 10.2 Å². The number of imide groups is 1. The summed E-state index contributed by atoms with van der Waals surface area (Å²) >= 11 is 1.12. The van der Waals surface area contributed by atoms with Gasteiger partial charge in [-0.1, -0.05) is 54.2 Å². The number of nitrogens with zero attached hydrogens (tertiary/aromatic N) is 3. The van der Waals surface area contributed by atoms with Crippen molar-refractivity contribution < 1.29 is 18.7 Å². The maximum Gasteiger partial charge on any atom is 0.257 e. The lowest BCUT2D eigenvalue weighted by Crippen LogP contribution is -2.31. The van der Waals surface area contributed by atoms with Crippen molar-refractivity contribution in [3.63, 3.8) is 0 Å². The number of nitrogens with one attached hydrogen (secondary N) is 1. The summed E-state index contributed by atoms with van der Waals surface area (Å²) in [6.07, 6.45) is 0. The molecule has 0 atom stereocenters. The third-order valence-corrected chi connectivity index (χ3v) is 5.92. The van der Waals surface area contributed by atoms with Crippen LogP contribution in [-0.2, 0) is 11.3 Å². The van der Waals surface area contributed by atoms with E-state index in [0.717, 1.165) is 17.3 Å². The molecule has 1 N–H and O–H groups in total. The first-order chi connectivity index (χ1) is 16.5. The van der Waals surface area contributed by atoms with E-state index in [9.17, 15) is 14.0 Å². The molecule has 0 saturated carbocycles. The maximum atomic E-state index is 14.5. The van der Waals surface area contributed by atoms with E-state index in [2.05, 4.69) is 15.5 Å². The summed E-state index contributed by atoms with van der Waals surface area (Å²) in [7, 11) is 1.53. The number of hydrogen-bond acceptors (Lipinski definition) is 6. The fourth-order valence-corrected chi connectivity index (χ4v) is 3.99. The monoisotopic (exact) mass is 476 g/mol. The van der Waals surface area contributed by atoms with Crippen molar-refractivity contribution in [2.45, 2.75) is 11.7 Å². The average Bonchev–Trinajstić information content (AvgIpc) is 3.25. The highest BCUT2D eigenvalue weighted by atomic mass is 32.2. The van der Waals surface area contributed by atoms with Crippen LogP contribution >= 0.6 is 11.8 Å². The van der Waals surface area contributed by atoms with Crippen molar-refractivity contribution in [1.29, 1.82) is 0 Å². The van der Waals surface area contributed by atoms with Crippen LogP contribution in [0.4, 0.5) is 4.39 Å². The van der Waals surface area contributed by atoms with E-state index in [1.165, 1.54) is 13.2 Å². The molecule has 4 rings (SSSR count). The molecule has 2 amide bonds. The molecule has 1 heterocycles. The number of hydrogen-bond donors (Lipinski definition) is 1. The zero-order valence-corrected chi connectivity index (χ0v) is 19.1. The van der Waals surface area contributed by atoms with Gasteiger partial charge in [-0.3, -0.25) is 19.5 Å². The van der Waals surface area contributed by atoms with Gasteiger partial charge in [-0.2, -0.15) is 0 Å². The van der Waals surface area contributed by atoms with Crippen LogP contribution in [0.2, 0.25) is 0 Å². The zero-order chi connectivity index (χ0) is 23.9. The molecule has 9 heteroatoms. The molecule has 1 aromatic heterocycles. The molecule has 34 heavy (non-hydrogen) atoms. The van der Waals surface area contributed by atoms with Crippen LogP contribution in [0.15, 0.2) is 84.0 Å². The summed E-state index contributed by atoms with van der Waals surface area (Å²) in [4.78, 5) is 24.8. The fraction of sp³-hybridized carbons (Fsp3) is 0.120. The Kier molecular flexibility index (Phi) is 7.34. The standard InChI is InChI=1S/C25H21FN4O3S/c1-33-19-13-11-18(12-14-19)24(32)27-22(31)16-34-25-29-28-23(20-9-5-6-10-21(20)26)30(25)15-17-7-3-2-4-8-17/h2-14H,15-16H2,1H3,(H,27,31,32). The van der Waals surface area contributed by atoms with Crippen LogP contribution in [-0.4, -0.2) is 39.4 Å². The largest absolute Gasteiger partial charge is 0.497 e. The summed E-state index contributed by atoms with van der Waals surface area (Å²) in [5.74, 6) is -0.491. The number of aromatic nitrogens is 3. The highest BCUT2D eigenvalue weighted by Gasteiger charge is 2.19. The second kappa shape index (κ2) is 10.8. The van der Waals surface area contributed by atoms with Crippen molar-refractivity contribution in [2.75, 3.05) is 12.9 Å². The number of methoxy groups -OCH3 is 1. The number of carbonyl (C=O) groups excluding carboxylic acids is 2. The van der Waals surface area contributed by atoms with Gasteiger partial charge in [0, 0.05) is 5.56 Å². The maximum absolute atomic E-state index is 14.5. The topological polar surface area (TPSA) is 86.1 Å². The van der Waals surface area contributed by atoms with E-state index in [0.29, 0.717) is 34.4 Å². The number of rotatable bonds is 8. The summed E-state index contributed by atoms with van der Waals surface area (Å²) in [6, 6.07) is 22.4. The Morgan fingerprint density at radius 2 is 1.68 bits per heavy atom. The fourth-order valence-electron chi connectivity index (χ4n) is 3.25. The van der Waals surface area contributed by atoms with Gasteiger partial charge in [0.15, 0.2) is 11.0 Å². The first-order valence-corrected chi connectivity index (χ1v) is 11.4. The molecule has 0 aliphatic rings. The molecule has 7 nitrogen and oxygen atoms in total. The predicted molar refractivity (Wildman–Crippen MR) is 127 cm³/mol. The third kappa shape index (κ3) is 5.49. The predicted octanol–water partition coefficient (Wildman–Crippen LogP) is 4.19. The van der Waals surface area contributed by atoms with Crippen LogP contribution < -0.4 is 10.1 Å². The molecule has 3 aromatic carbocycles. The average molecular weight is 477 g/mol. The molecule has 0 spiro atoms. The first kappa shape index (κ1) is 23.2. The molecule has 4 aromatic rings. The normalized spacial score (nSPS) is 10.6. The van der Waals surface area contributed by atoms with E-state index in [4.69, 9.17) is 4.74 Å². The van der Waals surface area contributed by atoms with Crippen molar-refractivity contribution in [3.8, 4) is 17.1 Å². The Morgan fingerprint density at radius 3 is 2.38 bits per heavy atom. The molecular weight excluding hydrogens is 455 g/mol. The smallest absolute Gasteiger partial charge is 0.257 e. The first-order valence-electron chi connectivity index (χ1n) is 10.4. The number of carbonyl (C=O) groups is 2. The number of halogens is 1. The minimum Gasteiger partial charge on any atom is -0.497 e. The van der Waals surface area contributed by atoms with Crippen molar-refractivity contribution in [3.05, 3.63) is 95.8 Å². The molecule has 0 fully saturated rings. The molecule has 0 unspecified atom stereocenters. The van der Waals surface area contributed by atoms with Crippen LogP contribution in [0.1, 0.15) is 15.9 Å². The minimum atomic E-state index is -0.508. The molecule has 0 saturated heterocycles. The lowest BCUT2D eigenvalue weighted by atomic mass is 10.2. The van der Waals surface area contributed by atoms with E-state index < -0.39 is 17.6 Å². The van der Waals surface area contributed by atoms with E-state index in [-0.39, 0.29) is 5.75 Å². The number of ether oxygens (including phenoxy) is 1. The Labute approximate surface area is 200 Å². The van der Waals surface area contributed by atoms with Crippen molar-refractivity contribution in [1.82, 2.24) is 20.1 Å². The minimum absolute atomic E-state index is 0.0634. The second-order valence-corrected chi connectivity index (χ2v) is 8.19. The van der Waals surface area contributed by atoms with Gasteiger partial charge < -0.3 is 4.74 Å². The van der Waals surface area contributed by atoms with Gasteiger partial charge in [0.2, 0.25) is 5.91 Å². The van der Waals surface area contributed by atoms with Crippen LogP contribution in [0.5, 0.6) is 5.75 Å². The lowest BCUT2D eigenvalue weighted by Gasteiger charge is -2.11. The van der Waals surface area contributed by atoms with E-state index >= 15 is 0 Å².